The molecule has 0 spiro atoms. The Morgan fingerprint density at radius 3 is 2.62 bits per heavy atom. The van der Waals surface area contributed by atoms with Crippen molar-refractivity contribution in [2.75, 3.05) is 33.9 Å². The number of carbonyl (C=O) groups excluding carboxylic acids is 1. The number of rotatable bonds is 11. The van der Waals surface area contributed by atoms with Crippen molar-refractivity contribution >= 4 is 17.5 Å². The fourth-order valence-corrected chi connectivity index (χ4v) is 5.53. The van der Waals surface area contributed by atoms with Crippen LogP contribution in [0.15, 0.2) is 66.7 Å². The zero-order valence-electron chi connectivity index (χ0n) is 23.2. The number of ether oxygens (including phenoxy) is 2. The first-order valence-corrected chi connectivity index (χ1v) is 13.8. The fourth-order valence-electron chi connectivity index (χ4n) is 5.41. The van der Waals surface area contributed by atoms with Gasteiger partial charge in [-0.05, 0) is 73.3 Å². The summed E-state index contributed by atoms with van der Waals surface area (Å²) in [4.78, 5) is 17.8. The van der Waals surface area contributed by atoms with Crippen LogP contribution in [0.3, 0.4) is 0 Å². The summed E-state index contributed by atoms with van der Waals surface area (Å²) < 4.78 is 11.7. The molecular formula is C32H39ClN2O4. The van der Waals surface area contributed by atoms with E-state index in [0.717, 1.165) is 60.5 Å². The number of amides is 1. The van der Waals surface area contributed by atoms with Crippen LogP contribution in [-0.2, 0) is 24.5 Å². The molecule has 1 heterocycles. The monoisotopic (exact) mass is 550 g/mol. The van der Waals surface area contributed by atoms with Crippen LogP contribution in [0.4, 0.5) is 0 Å². The van der Waals surface area contributed by atoms with E-state index in [1.807, 2.05) is 85.6 Å². The summed E-state index contributed by atoms with van der Waals surface area (Å²) in [5, 5.41) is 10.5. The molecule has 4 rings (SSSR count). The number of hydrogen-bond acceptors (Lipinski definition) is 5. The number of aliphatic hydroxyl groups excluding tert-OH is 1. The van der Waals surface area contributed by atoms with Crippen molar-refractivity contribution in [1.82, 2.24) is 9.80 Å². The Balaban J connectivity index is 1.52. The summed E-state index contributed by atoms with van der Waals surface area (Å²) in [6.45, 7) is 5.32. The van der Waals surface area contributed by atoms with Gasteiger partial charge in [0.1, 0.15) is 11.5 Å². The lowest BCUT2D eigenvalue weighted by Gasteiger charge is -2.43. The number of aryl methyl sites for hydroxylation is 1. The van der Waals surface area contributed by atoms with E-state index in [-0.39, 0.29) is 17.9 Å². The number of hydrogen-bond donors (Lipinski definition) is 1. The Kier molecular flexibility index (Phi) is 9.89. The summed E-state index contributed by atoms with van der Waals surface area (Å²) in [7, 11) is 3.49. The molecule has 1 fully saturated rings. The van der Waals surface area contributed by atoms with Crippen LogP contribution in [0.5, 0.6) is 11.5 Å². The first-order chi connectivity index (χ1) is 18.8. The third-order valence-electron chi connectivity index (χ3n) is 7.55. The summed E-state index contributed by atoms with van der Waals surface area (Å²) in [6.07, 6.45) is 2.29. The van der Waals surface area contributed by atoms with E-state index in [9.17, 15) is 9.90 Å². The third kappa shape index (κ3) is 7.75. The number of methoxy groups -OCH3 is 1. The minimum absolute atomic E-state index is 0.0719. The highest BCUT2D eigenvalue weighted by molar-refractivity contribution is 6.31. The van der Waals surface area contributed by atoms with Gasteiger partial charge in [0.15, 0.2) is 0 Å². The molecule has 0 aromatic heterocycles. The average molecular weight is 551 g/mol. The SMILES string of the molecule is COc1ccc(CN2CCC[C@@](COc3ccc(Cl)c(C)c3)(CC(=O)N(C)Cc3ccccc3)C2)cc1CO. The van der Waals surface area contributed by atoms with Gasteiger partial charge in [-0.25, -0.2) is 0 Å². The Morgan fingerprint density at radius 1 is 1.10 bits per heavy atom. The first kappa shape index (κ1) is 28.9. The predicted molar refractivity (Wildman–Crippen MR) is 155 cm³/mol. The number of likely N-dealkylation sites (tertiary alicyclic amines) is 1. The molecule has 208 valence electrons. The third-order valence-corrected chi connectivity index (χ3v) is 7.97. The van der Waals surface area contributed by atoms with Gasteiger partial charge in [-0.1, -0.05) is 48.0 Å². The molecule has 0 radical (unpaired) electrons. The largest absolute Gasteiger partial charge is 0.496 e. The lowest BCUT2D eigenvalue weighted by Crippen LogP contribution is -2.48. The van der Waals surface area contributed by atoms with Crippen LogP contribution in [0, 0.1) is 12.3 Å². The molecule has 6 nitrogen and oxygen atoms in total. The van der Waals surface area contributed by atoms with Crippen molar-refractivity contribution in [2.45, 2.75) is 45.9 Å². The van der Waals surface area contributed by atoms with E-state index in [4.69, 9.17) is 21.1 Å². The summed E-state index contributed by atoms with van der Waals surface area (Å²) in [5.74, 6) is 1.57. The minimum Gasteiger partial charge on any atom is -0.496 e. The van der Waals surface area contributed by atoms with Crippen LogP contribution >= 0.6 is 11.6 Å². The maximum atomic E-state index is 13.5. The smallest absolute Gasteiger partial charge is 0.223 e. The quantitative estimate of drug-likeness (QED) is 0.324. The van der Waals surface area contributed by atoms with Crippen LogP contribution in [0.1, 0.15) is 41.5 Å². The second kappa shape index (κ2) is 13.3. The Bertz CT molecular complexity index is 1250. The molecule has 3 aromatic carbocycles. The highest BCUT2D eigenvalue weighted by Crippen LogP contribution is 2.36. The van der Waals surface area contributed by atoms with Crippen molar-refractivity contribution in [3.8, 4) is 11.5 Å². The topological polar surface area (TPSA) is 62.2 Å². The van der Waals surface area contributed by atoms with Crippen molar-refractivity contribution in [3.63, 3.8) is 0 Å². The van der Waals surface area contributed by atoms with Crippen LogP contribution in [-0.4, -0.2) is 54.7 Å². The van der Waals surface area contributed by atoms with Gasteiger partial charge in [-0.15, -0.1) is 0 Å². The molecule has 1 N–H and O–H groups in total. The number of carbonyl (C=O) groups is 1. The second-order valence-corrected chi connectivity index (χ2v) is 11.1. The van der Waals surface area contributed by atoms with E-state index in [1.54, 1.807) is 7.11 Å². The number of piperidine rings is 1. The maximum Gasteiger partial charge on any atom is 0.223 e. The van der Waals surface area contributed by atoms with Crippen LogP contribution in [0.2, 0.25) is 5.02 Å². The normalized spacial score (nSPS) is 17.6. The molecular weight excluding hydrogens is 512 g/mol. The molecule has 0 unspecified atom stereocenters. The molecule has 1 saturated heterocycles. The first-order valence-electron chi connectivity index (χ1n) is 13.5. The maximum absolute atomic E-state index is 13.5. The van der Waals surface area contributed by atoms with E-state index >= 15 is 0 Å². The molecule has 1 aliphatic rings. The highest BCUT2D eigenvalue weighted by atomic mass is 35.5. The van der Waals surface area contributed by atoms with E-state index in [0.29, 0.717) is 30.3 Å². The van der Waals surface area contributed by atoms with Gasteiger partial charge in [-0.2, -0.15) is 0 Å². The summed E-state index contributed by atoms with van der Waals surface area (Å²) in [5.41, 5.74) is 3.63. The zero-order valence-corrected chi connectivity index (χ0v) is 23.9. The van der Waals surface area contributed by atoms with Crippen LogP contribution in [0.25, 0.3) is 0 Å². The van der Waals surface area contributed by atoms with Crippen molar-refractivity contribution in [2.24, 2.45) is 5.41 Å². The lowest BCUT2D eigenvalue weighted by molar-refractivity contribution is -0.135. The van der Waals surface area contributed by atoms with Crippen LogP contribution < -0.4 is 9.47 Å². The lowest BCUT2D eigenvalue weighted by atomic mass is 9.77. The van der Waals surface area contributed by atoms with Crippen molar-refractivity contribution in [1.29, 1.82) is 0 Å². The summed E-state index contributed by atoms with van der Waals surface area (Å²) >= 11 is 6.23. The molecule has 1 aliphatic heterocycles. The van der Waals surface area contributed by atoms with Gasteiger partial charge in [0.05, 0.1) is 20.3 Å². The number of halogens is 1. The van der Waals surface area contributed by atoms with Crippen molar-refractivity contribution < 1.29 is 19.4 Å². The molecule has 1 amide bonds. The second-order valence-electron chi connectivity index (χ2n) is 10.7. The standard InChI is InChI=1S/C32H39ClN2O4/c1-24-16-28(11-12-29(24)33)39-23-32(18-31(37)34(2)19-25-8-5-4-6-9-25)14-7-15-35(22-32)20-26-10-13-30(38-3)27(17-26)21-36/h4-6,8-13,16-17,36H,7,14-15,18-23H2,1-3H3/t32-/m1/s1. The highest BCUT2D eigenvalue weighted by Gasteiger charge is 2.39. The average Bonchev–Trinajstić information content (AvgIpc) is 2.94. The fraction of sp³-hybridized carbons (Fsp3) is 0.406. The number of aliphatic hydroxyl groups is 1. The van der Waals surface area contributed by atoms with Gasteiger partial charge >= 0.3 is 0 Å². The molecule has 0 saturated carbocycles. The zero-order chi connectivity index (χ0) is 27.8. The molecule has 0 bridgehead atoms. The van der Waals surface area contributed by atoms with Crippen molar-refractivity contribution in [3.05, 3.63) is 94.0 Å². The molecule has 1 atom stereocenters. The van der Waals surface area contributed by atoms with Gasteiger partial charge in [0.2, 0.25) is 5.91 Å². The molecule has 0 aliphatic carbocycles. The molecule has 7 heteroatoms. The van der Waals surface area contributed by atoms with E-state index in [1.165, 1.54) is 0 Å². The molecule has 39 heavy (non-hydrogen) atoms. The van der Waals surface area contributed by atoms with E-state index < -0.39 is 0 Å². The number of nitrogens with zero attached hydrogens (tertiary/aromatic N) is 2. The van der Waals surface area contributed by atoms with E-state index in [2.05, 4.69) is 4.90 Å². The predicted octanol–water partition coefficient (Wildman–Crippen LogP) is 5.86. The van der Waals surface area contributed by atoms with Gasteiger partial charge < -0.3 is 19.5 Å². The van der Waals surface area contributed by atoms with Gasteiger partial charge in [0.25, 0.3) is 0 Å². The Hall–Kier alpha value is -3.06. The summed E-state index contributed by atoms with van der Waals surface area (Å²) in [6, 6.07) is 21.7. The Labute approximate surface area is 237 Å². The minimum atomic E-state index is -0.333. The number of benzene rings is 3. The Morgan fingerprint density at radius 2 is 1.90 bits per heavy atom. The van der Waals surface area contributed by atoms with Gasteiger partial charge in [-0.3, -0.25) is 9.69 Å². The molecule has 3 aromatic rings. The van der Waals surface area contributed by atoms with Gasteiger partial charge in [0, 0.05) is 49.1 Å².